The molecule has 0 saturated carbocycles. The van der Waals surface area contributed by atoms with Crippen molar-refractivity contribution < 1.29 is 9.59 Å². The second-order valence-electron chi connectivity index (χ2n) is 7.22. The van der Waals surface area contributed by atoms with Crippen molar-refractivity contribution in [2.45, 2.75) is 57.7 Å². The molecule has 0 radical (unpaired) electrons. The zero-order chi connectivity index (χ0) is 18.7. The van der Waals surface area contributed by atoms with Gasteiger partial charge in [0, 0.05) is 23.3 Å². The van der Waals surface area contributed by atoms with Crippen LogP contribution in [0.15, 0.2) is 24.3 Å². The Labute approximate surface area is 159 Å². The SMILES string of the molecule is CCCCC1CN(c2cccc(Cl)c2)C(=O)CN1C(=O)C1CC(C)NN1. The summed E-state index contributed by atoms with van der Waals surface area (Å²) in [5.41, 5.74) is 6.95. The number of carbonyl (C=O) groups excluding carboxylic acids is 2. The van der Waals surface area contributed by atoms with Crippen LogP contribution >= 0.6 is 11.6 Å². The zero-order valence-electron chi connectivity index (χ0n) is 15.4. The quantitative estimate of drug-likeness (QED) is 0.825. The van der Waals surface area contributed by atoms with Gasteiger partial charge in [-0.15, -0.1) is 0 Å². The molecule has 1 aromatic carbocycles. The maximum Gasteiger partial charge on any atom is 0.246 e. The number of piperazine rings is 1. The van der Waals surface area contributed by atoms with Gasteiger partial charge in [-0.25, -0.2) is 5.43 Å². The van der Waals surface area contributed by atoms with Crippen LogP contribution in [0.5, 0.6) is 0 Å². The van der Waals surface area contributed by atoms with Gasteiger partial charge in [0.15, 0.2) is 0 Å². The molecule has 0 aliphatic carbocycles. The first-order chi connectivity index (χ1) is 12.5. The lowest BCUT2D eigenvalue weighted by molar-refractivity contribution is -0.141. The van der Waals surface area contributed by atoms with Gasteiger partial charge in [-0.1, -0.05) is 37.4 Å². The van der Waals surface area contributed by atoms with Crippen LogP contribution in [0.4, 0.5) is 5.69 Å². The van der Waals surface area contributed by atoms with Crippen molar-refractivity contribution in [1.29, 1.82) is 0 Å². The van der Waals surface area contributed by atoms with Crippen molar-refractivity contribution in [3.63, 3.8) is 0 Å². The van der Waals surface area contributed by atoms with Crippen molar-refractivity contribution in [3.8, 4) is 0 Å². The summed E-state index contributed by atoms with van der Waals surface area (Å²) < 4.78 is 0. The number of nitrogens with zero attached hydrogens (tertiary/aromatic N) is 2. The molecule has 2 heterocycles. The minimum atomic E-state index is -0.264. The molecule has 0 spiro atoms. The second kappa shape index (κ2) is 8.37. The maximum absolute atomic E-state index is 13.0. The third kappa shape index (κ3) is 4.19. The van der Waals surface area contributed by atoms with Crippen LogP contribution in [0.1, 0.15) is 39.5 Å². The predicted molar refractivity (Wildman–Crippen MR) is 103 cm³/mol. The lowest BCUT2D eigenvalue weighted by atomic mass is 10.0. The lowest BCUT2D eigenvalue weighted by Crippen LogP contribution is -2.61. The van der Waals surface area contributed by atoms with E-state index < -0.39 is 0 Å². The Morgan fingerprint density at radius 2 is 2.15 bits per heavy atom. The summed E-state index contributed by atoms with van der Waals surface area (Å²) in [6.07, 6.45) is 3.72. The highest BCUT2D eigenvalue weighted by Gasteiger charge is 2.39. The van der Waals surface area contributed by atoms with Crippen LogP contribution in [0, 0.1) is 0 Å². The van der Waals surface area contributed by atoms with E-state index in [4.69, 9.17) is 11.6 Å². The van der Waals surface area contributed by atoms with Crippen LogP contribution in [-0.4, -0.2) is 47.9 Å². The third-order valence-corrected chi connectivity index (χ3v) is 5.36. The molecule has 142 valence electrons. The maximum atomic E-state index is 13.0. The Morgan fingerprint density at radius 3 is 2.81 bits per heavy atom. The molecule has 2 aliphatic rings. The average Bonchev–Trinajstić information content (AvgIpc) is 3.06. The van der Waals surface area contributed by atoms with Gasteiger partial charge in [0.25, 0.3) is 0 Å². The number of carbonyl (C=O) groups is 2. The summed E-state index contributed by atoms with van der Waals surface area (Å²) in [4.78, 5) is 29.3. The molecule has 2 fully saturated rings. The van der Waals surface area contributed by atoms with Gasteiger partial charge in [0.2, 0.25) is 11.8 Å². The molecule has 7 heteroatoms. The second-order valence-corrected chi connectivity index (χ2v) is 7.66. The molecule has 3 unspecified atom stereocenters. The number of hydrazine groups is 1. The fourth-order valence-corrected chi connectivity index (χ4v) is 3.87. The molecule has 2 N–H and O–H groups in total. The summed E-state index contributed by atoms with van der Waals surface area (Å²) in [6, 6.07) is 7.35. The molecule has 0 aromatic heterocycles. The Balaban J connectivity index is 1.78. The van der Waals surface area contributed by atoms with Crippen LogP contribution in [0.2, 0.25) is 5.02 Å². The van der Waals surface area contributed by atoms with Crippen LogP contribution in [-0.2, 0) is 9.59 Å². The van der Waals surface area contributed by atoms with Crippen molar-refractivity contribution in [1.82, 2.24) is 15.8 Å². The number of benzene rings is 1. The summed E-state index contributed by atoms with van der Waals surface area (Å²) in [6.45, 7) is 4.81. The topological polar surface area (TPSA) is 64.7 Å². The normalized spacial score (nSPS) is 26.4. The summed E-state index contributed by atoms with van der Waals surface area (Å²) in [7, 11) is 0. The van der Waals surface area contributed by atoms with Gasteiger partial charge in [-0.2, -0.15) is 0 Å². The van der Waals surface area contributed by atoms with E-state index >= 15 is 0 Å². The fourth-order valence-electron chi connectivity index (χ4n) is 3.69. The van der Waals surface area contributed by atoms with Gasteiger partial charge in [0.1, 0.15) is 12.6 Å². The van der Waals surface area contributed by atoms with E-state index in [-0.39, 0.29) is 36.5 Å². The summed E-state index contributed by atoms with van der Waals surface area (Å²) >= 11 is 6.09. The Bertz CT molecular complexity index is 669. The predicted octanol–water partition coefficient (Wildman–Crippen LogP) is 2.33. The highest BCUT2D eigenvalue weighted by Crippen LogP contribution is 2.26. The van der Waals surface area contributed by atoms with Crippen LogP contribution < -0.4 is 15.8 Å². The van der Waals surface area contributed by atoms with Gasteiger partial charge >= 0.3 is 0 Å². The Morgan fingerprint density at radius 1 is 1.35 bits per heavy atom. The van der Waals surface area contributed by atoms with Gasteiger partial charge in [-0.05, 0) is 38.0 Å². The number of hydrogen-bond acceptors (Lipinski definition) is 4. The highest BCUT2D eigenvalue weighted by atomic mass is 35.5. The Hall–Kier alpha value is -1.63. The number of hydrogen-bond donors (Lipinski definition) is 2. The molecule has 0 bridgehead atoms. The van der Waals surface area contributed by atoms with E-state index in [1.807, 2.05) is 19.1 Å². The number of unbranched alkanes of at least 4 members (excludes halogenated alkanes) is 1. The first kappa shape index (κ1) is 19.1. The third-order valence-electron chi connectivity index (χ3n) is 5.13. The molecule has 2 amide bonds. The average molecular weight is 379 g/mol. The molecule has 26 heavy (non-hydrogen) atoms. The summed E-state index contributed by atoms with van der Waals surface area (Å²) in [5, 5.41) is 0.606. The first-order valence-corrected chi connectivity index (χ1v) is 9.75. The number of rotatable bonds is 5. The lowest BCUT2D eigenvalue weighted by Gasteiger charge is -2.42. The van der Waals surface area contributed by atoms with E-state index in [1.165, 1.54) is 0 Å². The highest BCUT2D eigenvalue weighted by molar-refractivity contribution is 6.30. The molecule has 3 atom stereocenters. The first-order valence-electron chi connectivity index (χ1n) is 9.37. The summed E-state index contributed by atoms with van der Waals surface area (Å²) in [5.74, 6) is -0.0468. The van der Waals surface area contributed by atoms with Gasteiger partial charge in [0.05, 0.1) is 6.04 Å². The fraction of sp³-hybridized carbons (Fsp3) is 0.579. The Kier molecular flexibility index (Phi) is 6.16. The monoisotopic (exact) mass is 378 g/mol. The number of anilines is 1. The van der Waals surface area contributed by atoms with Gasteiger partial charge < -0.3 is 9.80 Å². The minimum absolute atomic E-state index is 0.0158. The van der Waals surface area contributed by atoms with E-state index in [9.17, 15) is 9.59 Å². The van der Waals surface area contributed by atoms with E-state index in [1.54, 1.807) is 21.9 Å². The molecule has 6 nitrogen and oxygen atoms in total. The van der Waals surface area contributed by atoms with E-state index in [2.05, 4.69) is 17.8 Å². The van der Waals surface area contributed by atoms with Crippen molar-refractivity contribution in [3.05, 3.63) is 29.3 Å². The van der Waals surface area contributed by atoms with Gasteiger partial charge in [-0.3, -0.25) is 15.0 Å². The standard InChI is InChI=1S/C19H27ClN4O2/c1-3-4-7-16-11-23(15-8-5-6-14(20)10-15)18(25)12-24(16)19(26)17-9-13(2)21-22-17/h5-6,8,10,13,16-17,21-22H,3-4,7,9,11-12H2,1-2H3. The molecule has 1 aromatic rings. The van der Waals surface area contributed by atoms with Crippen molar-refractivity contribution in [2.75, 3.05) is 18.0 Å². The van der Waals surface area contributed by atoms with Crippen LogP contribution in [0.25, 0.3) is 0 Å². The molecular weight excluding hydrogens is 352 g/mol. The molecule has 3 rings (SSSR count). The van der Waals surface area contributed by atoms with Crippen LogP contribution in [0.3, 0.4) is 0 Å². The smallest absolute Gasteiger partial charge is 0.246 e. The molecular formula is C19H27ClN4O2. The zero-order valence-corrected chi connectivity index (χ0v) is 16.1. The largest absolute Gasteiger partial charge is 0.327 e. The molecule has 2 aliphatic heterocycles. The number of halogens is 1. The molecule has 2 saturated heterocycles. The van der Waals surface area contributed by atoms with E-state index in [0.29, 0.717) is 11.6 Å². The van der Waals surface area contributed by atoms with Crippen molar-refractivity contribution in [2.24, 2.45) is 0 Å². The minimum Gasteiger partial charge on any atom is -0.327 e. The van der Waals surface area contributed by atoms with Crippen molar-refractivity contribution >= 4 is 29.1 Å². The van der Waals surface area contributed by atoms with E-state index in [0.717, 1.165) is 31.4 Å². The number of amides is 2. The number of nitrogens with one attached hydrogen (secondary N) is 2.